The molecule has 1 aliphatic rings. The maximum Gasteiger partial charge on any atom is 0.192 e. The molecule has 2 atom stereocenters. The molecule has 17 heavy (non-hydrogen) atoms. The van der Waals surface area contributed by atoms with Crippen LogP contribution in [0.5, 0.6) is 0 Å². The van der Waals surface area contributed by atoms with Crippen LogP contribution in [0.25, 0.3) is 10.8 Å². The van der Waals surface area contributed by atoms with E-state index in [0.29, 0.717) is 6.61 Å². The molecule has 0 radical (unpaired) electrons. The molecule has 2 heteroatoms. The maximum atomic E-state index is 5.86. The number of rotatable bonds is 1. The van der Waals surface area contributed by atoms with Gasteiger partial charge in [-0.15, -0.1) is 0 Å². The van der Waals surface area contributed by atoms with E-state index in [-0.39, 0.29) is 6.10 Å². The van der Waals surface area contributed by atoms with Crippen LogP contribution in [-0.2, 0) is 15.3 Å². The minimum atomic E-state index is -0.594. The van der Waals surface area contributed by atoms with Crippen LogP contribution in [0.1, 0.15) is 19.4 Å². The highest BCUT2D eigenvalue weighted by Crippen LogP contribution is 2.34. The van der Waals surface area contributed by atoms with E-state index in [9.17, 15) is 0 Å². The quantitative estimate of drug-likeness (QED) is 0.744. The van der Waals surface area contributed by atoms with Crippen molar-refractivity contribution in [2.45, 2.75) is 25.7 Å². The van der Waals surface area contributed by atoms with E-state index in [1.165, 1.54) is 10.8 Å². The summed E-state index contributed by atoms with van der Waals surface area (Å²) in [7, 11) is 0. The lowest BCUT2D eigenvalue weighted by atomic mass is 10.0. The molecule has 2 nitrogen and oxygen atoms in total. The second-order valence-electron chi connectivity index (χ2n) is 4.75. The zero-order chi connectivity index (χ0) is 11.9. The molecule has 0 saturated carbocycles. The van der Waals surface area contributed by atoms with Gasteiger partial charge in [-0.1, -0.05) is 36.4 Å². The normalized spacial score (nSPS) is 28.7. The molecule has 0 spiro atoms. The minimum Gasteiger partial charge on any atom is -0.343 e. The first-order valence-electron chi connectivity index (χ1n) is 5.98. The zero-order valence-electron chi connectivity index (χ0n) is 10.1. The molecule has 0 amide bonds. The van der Waals surface area contributed by atoms with Gasteiger partial charge in [0.15, 0.2) is 5.79 Å². The standard InChI is InChI=1S/C15H16O2/c1-11-10-16-15(2,17-11)14-8-7-12-5-3-4-6-13(12)9-14/h3-9,11H,10H2,1-2H3. The third-order valence-corrected chi connectivity index (χ3v) is 3.29. The maximum absolute atomic E-state index is 5.86. The summed E-state index contributed by atoms with van der Waals surface area (Å²) in [6, 6.07) is 14.7. The van der Waals surface area contributed by atoms with E-state index in [1.54, 1.807) is 0 Å². The van der Waals surface area contributed by atoms with Crippen molar-refractivity contribution >= 4 is 10.8 Å². The van der Waals surface area contributed by atoms with Gasteiger partial charge < -0.3 is 9.47 Å². The van der Waals surface area contributed by atoms with Gasteiger partial charge in [0.1, 0.15) is 0 Å². The summed E-state index contributed by atoms with van der Waals surface area (Å²) in [5.74, 6) is -0.594. The lowest BCUT2D eigenvalue weighted by Crippen LogP contribution is -2.23. The van der Waals surface area contributed by atoms with Crippen LogP contribution in [-0.4, -0.2) is 12.7 Å². The monoisotopic (exact) mass is 228 g/mol. The number of ether oxygens (including phenoxy) is 2. The SMILES string of the molecule is CC1COC(C)(c2ccc3ccccc3c2)O1. The molecule has 2 unspecified atom stereocenters. The lowest BCUT2D eigenvalue weighted by molar-refractivity contribution is -0.159. The minimum absolute atomic E-state index is 0.159. The van der Waals surface area contributed by atoms with Gasteiger partial charge in [-0.25, -0.2) is 0 Å². The van der Waals surface area contributed by atoms with E-state index in [0.717, 1.165) is 5.56 Å². The van der Waals surface area contributed by atoms with E-state index in [1.807, 2.05) is 26.0 Å². The highest BCUT2D eigenvalue weighted by Gasteiger charge is 2.36. The predicted octanol–water partition coefficient (Wildman–Crippen LogP) is 3.45. The Morgan fingerprint density at radius 2 is 1.88 bits per heavy atom. The van der Waals surface area contributed by atoms with Gasteiger partial charge in [-0.05, 0) is 30.7 Å². The van der Waals surface area contributed by atoms with E-state index < -0.39 is 5.79 Å². The third-order valence-electron chi connectivity index (χ3n) is 3.29. The molecule has 0 aromatic heterocycles. The summed E-state index contributed by atoms with van der Waals surface area (Å²) in [5, 5.41) is 2.46. The Kier molecular flexibility index (Phi) is 2.42. The van der Waals surface area contributed by atoms with Crippen molar-refractivity contribution in [1.82, 2.24) is 0 Å². The predicted molar refractivity (Wildman–Crippen MR) is 67.8 cm³/mol. The highest BCUT2D eigenvalue weighted by atomic mass is 16.7. The number of fused-ring (bicyclic) bond motifs is 1. The topological polar surface area (TPSA) is 18.5 Å². The van der Waals surface area contributed by atoms with Crippen LogP contribution in [0, 0.1) is 0 Å². The average Bonchev–Trinajstić information content (AvgIpc) is 2.70. The fourth-order valence-corrected chi connectivity index (χ4v) is 2.35. The van der Waals surface area contributed by atoms with Crippen LogP contribution in [0.2, 0.25) is 0 Å². The Hall–Kier alpha value is -1.38. The average molecular weight is 228 g/mol. The summed E-state index contributed by atoms with van der Waals surface area (Å²) < 4.78 is 11.6. The second-order valence-corrected chi connectivity index (χ2v) is 4.75. The second kappa shape index (κ2) is 3.83. The van der Waals surface area contributed by atoms with E-state index in [4.69, 9.17) is 9.47 Å². The fraction of sp³-hybridized carbons (Fsp3) is 0.333. The van der Waals surface area contributed by atoms with Gasteiger partial charge in [0.25, 0.3) is 0 Å². The summed E-state index contributed by atoms with van der Waals surface area (Å²) in [5.41, 5.74) is 1.08. The van der Waals surface area contributed by atoms with Crippen molar-refractivity contribution in [1.29, 1.82) is 0 Å². The molecule has 3 rings (SSSR count). The van der Waals surface area contributed by atoms with Crippen molar-refractivity contribution < 1.29 is 9.47 Å². The molecule has 0 aliphatic carbocycles. The first kappa shape index (κ1) is 10.8. The van der Waals surface area contributed by atoms with Gasteiger partial charge >= 0.3 is 0 Å². The fourth-order valence-electron chi connectivity index (χ4n) is 2.35. The van der Waals surface area contributed by atoms with Gasteiger partial charge in [-0.2, -0.15) is 0 Å². The molecule has 1 saturated heterocycles. The van der Waals surface area contributed by atoms with E-state index in [2.05, 4.69) is 30.3 Å². The van der Waals surface area contributed by atoms with Crippen LogP contribution in [0.3, 0.4) is 0 Å². The number of benzene rings is 2. The summed E-state index contributed by atoms with van der Waals surface area (Å²) in [6.07, 6.45) is 0.159. The van der Waals surface area contributed by atoms with Gasteiger partial charge in [0.05, 0.1) is 12.7 Å². The molecule has 88 valence electrons. The zero-order valence-corrected chi connectivity index (χ0v) is 10.1. The Morgan fingerprint density at radius 1 is 1.12 bits per heavy atom. The summed E-state index contributed by atoms with van der Waals surface area (Å²) in [6.45, 7) is 4.68. The molecule has 0 N–H and O–H groups in total. The highest BCUT2D eigenvalue weighted by molar-refractivity contribution is 5.83. The molecular weight excluding hydrogens is 212 g/mol. The van der Waals surface area contributed by atoms with Crippen molar-refractivity contribution in [2.24, 2.45) is 0 Å². The van der Waals surface area contributed by atoms with Gasteiger partial charge in [0, 0.05) is 5.56 Å². The van der Waals surface area contributed by atoms with Crippen molar-refractivity contribution in [2.75, 3.05) is 6.61 Å². The van der Waals surface area contributed by atoms with Gasteiger partial charge in [0.2, 0.25) is 0 Å². The van der Waals surface area contributed by atoms with Crippen molar-refractivity contribution in [3.05, 3.63) is 48.0 Å². The first-order valence-corrected chi connectivity index (χ1v) is 5.98. The van der Waals surface area contributed by atoms with Crippen molar-refractivity contribution in [3.63, 3.8) is 0 Å². The molecule has 2 aromatic carbocycles. The Bertz CT molecular complexity index is 549. The lowest BCUT2D eigenvalue weighted by Gasteiger charge is -2.23. The molecule has 1 fully saturated rings. The Balaban J connectivity index is 2.06. The van der Waals surface area contributed by atoms with Crippen LogP contribution in [0.4, 0.5) is 0 Å². The van der Waals surface area contributed by atoms with E-state index >= 15 is 0 Å². The molecular formula is C15H16O2. The molecule has 1 heterocycles. The van der Waals surface area contributed by atoms with Crippen LogP contribution < -0.4 is 0 Å². The third kappa shape index (κ3) is 1.84. The molecule has 0 bridgehead atoms. The first-order chi connectivity index (χ1) is 8.17. The summed E-state index contributed by atoms with van der Waals surface area (Å²) >= 11 is 0. The number of hydrogen-bond donors (Lipinski definition) is 0. The largest absolute Gasteiger partial charge is 0.343 e. The molecule has 1 aliphatic heterocycles. The smallest absolute Gasteiger partial charge is 0.192 e. The molecule has 2 aromatic rings. The van der Waals surface area contributed by atoms with Crippen LogP contribution in [0.15, 0.2) is 42.5 Å². The van der Waals surface area contributed by atoms with Gasteiger partial charge in [-0.3, -0.25) is 0 Å². The van der Waals surface area contributed by atoms with Crippen molar-refractivity contribution in [3.8, 4) is 0 Å². The Labute approximate surface area is 101 Å². The summed E-state index contributed by atoms with van der Waals surface area (Å²) in [4.78, 5) is 0. The number of hydrogen-bond acceptors (Lipinski definition) is 2. The Morgan fingerprint density at radius 3 is 2.59 bits per heavy atom. The van der Waals surface area contributed by atoms with Crippen LogP contribution >= 0.6 is 0 Å².